The van der Waals surface area contributed by atoms with E-state index in [-0.39, 0.29) is 10.8 Å². The number of hydrogen-bond donors (Lipinski definition) is 3. The number of rotatable bonds is 4. The predicted octanol–water partition coefficient (Wildman–Crippen LogP) is 2.62. The average Bonchev–Trinajstić information content (AvgIpc) is 3.19. The lowest BCUT2D eigenvalue weighted by atomic mass is 10.1. The van der Waals surface area contributed by atoms with E-state index in [4.69, 9.17) is 4.52 Å². The fourth-order valence-electron chi connectivity index (χ4n) is 2.61. The van der Waals surface area contributed by atoms with Gasteiger partial charge in [0.2, 0.25) is 5.88 Å². The Morgan fingerprint density at radius 2 is 1.77 bits per heavy atom. The summed E-state index contributed by atoms with van der Waals surface area (Å²) in [4.78, 5) is 16.4. The molecule has 8 nitrogen and oxygen atoms in total. The lowest BCUT2D eigenvalue weighted by Crippen LogP contribution is -2.13. The molecule has 0 aliphatic carbocycles. The van der Waals surface area contributed by atoms with Crippen molar-refractivity contribution in [1.82, 2.24) is 15.1 Å². The first-order chi connectivity index (χ1) is 12.4. The number of hydrogen-bond acceptors (Lipinski definition) is 5. The number of nitrogens with one attached hydrogen (secondary N) is 3. The molecule has 0 spiro atoms. The molecule has 132 valence electrons. The van der Waals surface area contributed by atoms with Gasteiger partial charge in [-0.15, -0.1) is 0 Å². The topological polar surface area (TPSA) is 121 Å². The lowest BCUT2D eigenvalue weighted by molar-refractivity contribution is 0.435. The Morgan fingerprint density at radius 1 is 1.04 bits per heavy atom. The summed E-state index contributed by atoms with van der Waals surface area (Å²) < 4.78 is 32.9. The highest BCUT2D eigenvalue weighted by Gasteiger charge is 2.20. The number of aryl methyl sites for hydroxylation is 1. The lowest BCUT2D eigenvalue weighted by Gasteiger charge is -2.07. The number of H-pyrrole nitrogens is 2. The van der Waals surface area contributed by atoms with Crippen molar-refractivity contribution in [2.45, 2.75) is 11.8 Å². The molecule has 0 saturated heterocycles. The molecule has 0 aliphatic heterocycles. The van der Waals surface area contributed by atoms with Crippen LogP contribution < -0.4 is 10.4 Å². The molecule has 0 radical (unpaired) electrons. The Hall–Kier alpha value is -3.33. The Bertz CT molecular complexity index is 1250. The number of sulfonamides is 1. The standard InChI is InChI=1S/C17H14N4O4S/c1-10-2-4-11(5-3-10)13-9-18-25-16(13)21-26(23,24)12-6-7-14-15(8-12)20-17(22)19-14/h2-9,21H,1H3,(H2,19,20,22). The zero-order valence-electron chi connectivity index (χ0n) is 13.6. The smallest absolute Gasteiger partial charge is 0.323 e. The summed E-state index contributed by atoms with van der Waals surface area (Å²) in [7, 11) is -3.92. The van der Waals surface area contributed by atoms with E-state index < -0.39 is 15.7 Å². The molecule has 0 saturated carbocycles. The molecule has 0 unspecified atom stereocenters. The van der Waals surface area contributed by atoms with E-state index in [9.17, 15) is 13.2 Å². The minimum atomic E-state index is -3.92. The summed E-state index contributed by atoms with van der Waals surface area (Å²) in [5, 5.41) is 3.70. The number of imidazole rings is 1. The Kier molecular flexibility index (Phi) is 3.66. The molecule has 2 aromatic carbocycles. The minimum Gasteiger partial charge on any atom is -0.337 e. The van der Waals surface area contributed by atoms with Crippen LogP contribution in [0.4, 0.5) is 5.88 Å². The van der Waals surface area contributed by atoms with Gasteiger partial charge in [0.15, 0.2) is 0 Å². The molecule has 2 heterocycles. The van der Waals surface area contributed by atoms with Crippen molar-refractivity contribution >= 4 is 26.9 Å². The third-order valence-corrected chi connectivity index (χ3v) is 5.29. The zero-order valence-corrected chi connectivity index (χ0v) is 14.4. The highest BCUT2D eigenvalue weighted by Crippen LogP contribution is 2.30. The second-order valence-electron chi connectivity index (χ2n) is 5.83. The van der Waals surface area contributed by atoms with Gasteiger partial charge in [0, 0.05) is 0 Å². The number of anilines is 1. The van der Waals surface area contributed by atoms with Gasteiger partial charge in [-0.2, -0.15) is 0 Å². The van der Waals surface area contributed by atoms with Crippen LogP contribution in [-0.2, 0) is 10.0 Å². The second kappa shape index (κ2) is 5.88. The van der Waals surface area contributed by atoms with Crippen LogP contribution >= 0.6 is 0 Å². The van der Waals surface area contributed by atoms with Gasteiger partial charge in [0.25, 0.3) is 10.0 Å². The normalized spacial score (nSPS) is 11.7. The third-order valence-electron chi connectivity index (χ3n) is 3.96. The van der Waals surface area contributed by atoms with Gasteiger partial charge in [0.1, 0.15) is 0 Å². The third kappa shape index (κ3) is 2.88. The fourth-order valence-corrected chi connectivity index (χ4v) is 3.64. The molecule has 4 aromatic rings. The van der Waals surface area contributed by atoms with Gasteiger partial charge >= 0.3 is 5.69 Å². The van der Waals surface area contributed by atoms with Gasteiger partial charge in [-0.05, 0) is 30.7 Å². The van der Waals surface area contributed by atoms with Gasteiger partial charge in [0.05, 0.1) is 27.7 Å². The molecule has 0 bridgehead atoms. The number of fused-ring (bicyclic) bond motifs is 1. The maximum atomic E-state index is 12.7. The summed E-state index contributed by atoms with van der Waals surface area (Å²) in [6, 6.07) is 11.8. The number of aromatic nitrogens is 3. The van der Waals surface area contributed by atoms with Gasteiger partial charge in [-0.1, -0.05) is 35.0 Å². The Morgan fingerprint density at radius 3 is 2.54 bits per heavy atom. The molecule has 0 amide bonds. The van der Waals surface area contributed by atoms with Crippen LogP contribution in [0.15, 0.2) is 62.9 Å². The predicted molar refractivity (Wildman–Crippen MR) is 96.4 cm³/mol. The molecule has 0 aliphatic rings. The van der Waals surface area contributed by atoms with Crippen LogP contribution in [0.5, 0.6) is 0 Å². The summed E-state index contributed by atoms with van der Waals surface area (Å²) in [5.41, 5.74) is 2.91. The van der Waals surface area contributed by atoms with E-state index in [0.717, 1.165) is 11.1 Å². The molecule has 9 heteroatoms. The van der Waals surface area contributed by atoms with E-state index in [1.54, 1.807) is 0 Å². The summed E-state index contributed by atoms with van der Waals surface area (Å²) in [6.45, 7) is 1.96. The zero-order chi connectivity index (χ0) is 18.3. The molecule has 0 fully saturated rings. The SMILES string of the molecule is Cc1ccc(-c2cnoc2NS(=O)(=O)c2ccc3[nH]c(=O)[nH]c3c2)cc1. The molecule has 3 N–H and O–H groups in total. The number of nitrogens with zero attached hydrogens (tertiary/aromatic N) is 1. The van der Waals surface area contributed by atoms with Crippen molar-refractivity contribution in [3.63, 3.8) is 0 Å². The van der Waals surface area contributed by atoms with Gasteiger partial charge in [-0.25, -0.2) is 17.9 Å². The molecule has 2 aromatic heterocycles. The fraction of sp³-hybridized carbons (Fsp3) is 0.0588. The van der Waals surface area contributed by atoms with E-state index in [0.29, 0.717) is 16.6 Å². The number of aromatic amines is 2. The van der Waals surface area contributed by atoms with Gasteiger partial charge in [-0.3, -0.25) is 0 Å². The first-order valence-corrected chi connectivity index (χ1v) is 9.17. The van der Waals surface area contributed by atoms with Crippen molar-refractivity contribution in [1.29, 1.82) is 0 Å². The highest BCUT2D eigenvalue weighted by atomic mass is 32.2. The van der Waals surface area contributed by atoms with Crippen molar-refractivity contribution in [2.75, 3.05) is 4.72 Å². The maximum Gasteiger partial charge on any atom is 0.323 e. The Balaban J connectivity index is 1.70. The second-order valence-corrected chi connectivity index (χ2v) is 7.51. The largest absolute Gasteiger partial charge is 0.337 e. The van der Waals surface area contributed by atoms with Crippen molar-refractivity contribution in [3.05, 3.63) is 64.7 Å². The number of benzene rings is 2. The van der Waals surface area contributed by atoms with Gasteiger partial charge < -0.3 is 14.5 Å². The van der Waals surface area contributed by atoms with Crippen LogP contribution in [0.1, 0.15) is 5.56 Å². The van der Waals surface area contributed by atoms with E-state index in [2.05, 4.69) is 19.8 Å². The summed E-state index contributed by atoms with van der Waals surface area (Å²) >= 11 is 0. The van der Waals surface area contributed by atoms with Crippen LogP contribution in [0.3, 0.4) is 0 Å². The van der Waals surface area contributed by atoms with Crippen LogP contribution in [0, 0.1) is 6.92 Å². The minimum absolute atomic E-state index is 0.00786. The van der Waals surface area contributed by atoms with Crippen molar-refractivity contribution < 1.29 is 12.9 Å². The molecular formula is C17H14N4O4S. The van der Waals surface area contributed by atoms with Crippen molar-refractivity contribution in [3.8, 4) is 11.1 Å². The molecule has 0 atom stereocenters. The highest BCUT2D eigenvalue weighted by molar-refractivity contribution is 7.92. The van der Waals surface area contributed by atoms with E-state index in [1.165, 1.54) is 24.4 Å². The quantitative estimate of drug-likeness (QED) is 0.510. The summed E-state index contributed by atoms with van der Waals surface area (Å²) in [6.07, 6.45) is 1.45. The van der Waals surface area contributed by atoms with Crippen molar-refractivity contribution in [2.24, 2.45) is 0 Å². The van der Waals surface area contributed by atoms with Crippen LogP contribution in [0.2, 0.25) is 0 Å². The average molecular weight is 370 g/mol. The summed E-state index contributed by atoms with van der Waals surface area (Å²) in [5.74, 6) is 0.0245. The monoisotopic (exact) mass is 370 g/mol. The molecule has 4 rings (SSSR count). The molecular weight excluding hydrogens is 356 g/mol. The molecule has 26 heavy (non-hydrogen) atoms. The maximum absolute atomic E-state index is 12.7. The Labute approximate surface area is 147 Å². The first kappa shape index (κ1) is 16.2. The first-order valence-electron chi connectivity index (χ1n) is 7.69. The van der Waals surface area contributed by atoms with E-state index >= 15 is 0 Å². The van der Waals surface area contributed by atoms with E-state index in [1.807, 2.05) is 31.2 Å². The van der Waals surface area contributed by atoms with Crippen LogP contribution in [-0.4, -0.2) is 23.5 Å². The van der Waals surface area contributed by atoms with Crippen LogP contribution in [0.25, 0.3) is 22.2 Å².